The van der Waals surface area contributed by atoms with Crippen LogP contribution in [-0.2, 0) is 0 Å². The van der Waals surface area contributed by atoms with E-state index in [0.717, 1.165) is 5.01 Å². The SMILES string of the molecule is CC(C)C(N)c1nc(-c2ccccc2[N+](=O)[O-])cs1. The molecule has 1 unspecified atom stereocenters. The Hall–Kier alpha value is -1.79. The normalized spacial score (nSPS) is 12.6. The molecule has 2 rings (SSSR count). The summed E-state index contributed by atoms with van der Waals surface area (Å²) in [6, 6.07) is 6.47. The summed E-state index contributed by atoms with van der Waals surface area (Å²) in [6.45, 7) is 4.05. The van der Waals surface area contributed by atoms with Crippen LogP contribution in [0.25, 0.3) is 11.3 Å². The molecule has 5 nitrogen and oxygen atoms in total. The van der Waals surface area contributed by atoms with E-state index in [1.165, 1.54) is 17.4 Å². The Morgan fingerprint density at radius 1 is 1.37 bits per heavy atom. The molecule has 1 aromatic carbocycles. The third-order valence-electron chi connectivity index (χ3n) is 2.90. The highest BCUT2D eigenvalue weighted by molar-refractivity contribution is 7.10. The quantitative estimate of drug-likeness (QED) is 0.686. The molecular formula is C13H15N3O2S. The number of hydrogen-bond donors (Lipinski definition) is 1. The Kier molecular flexibility index (Phi) is 3.92. The number of hydrogen-bond acceptors (Lipinski definition) is 5. The second kappa shape index (κ2) is 5.46. The second-order valence-electron chi connectivity index (χ2n) is 4.62. The van der Waals surface area contributed by atoms with Crippen LogP contribution in [0.15, 0.2) is 29.6 Å². The predicted octanol–water partition coefficient (Wildman–Crippen LogP) is 3.37. The highest BCUT2D eigenvalue weighted by Crippen LogP contribution is 2.32. The molecule has 0 aliphatic rings. The van der Waals surface area contributed by atoms with E-state index in [0.29, 0.717) is 11.3 Å². The van der Waals surface area contributed by atoms with Crippen LogP contribution in [0.3, 0.4) is 0 Å². The fourth-order valence-electron chi connectivity index (χ4n) is 1.70. The average Bonchev–Trinajstić information content (AvgIpc) is 2.87. The summed E-state index contributed by atoms with van der Waals surface area (Å²) in [5.41, 5.74) is 7.26. The minimum Gasteiger partial charge on any atom is -0.322 e. The van der Waals surface area contributed by atoms with Crippen LogP contribution in [0.1, 0.15) is 24.9 Å². The van der Waals surface area contributed by atoms with Crippen LogP contribution in [0.5, 0.6) is 0 Å². The molecule has 1 heterocycles. The summed E-state index contributed by atoms with van der Waals surface area (Å²) in [5, 5.41) is 13.6. The number of nitrogens with two attached hydrogens (primary N) is 1. The smallest absolute Gasteiger partial charge is 0.278 e. The molecule has 0 fully saturated rings. The summed E-state index contributed by atoms with van der Waals surface area (Å²) >= 11 is 1.44. The van der Waals surface area contributed by atoms with Gasteiger partial charge in [0.15, 0.2) is 0 Å². The Bertz CT molecular complexity index is 595. The zero-order valence-electron chi connectivity index (χ0n) is 10.7. The van der Waals surface area contributed by atoms with E-state index in [-0.39, 0.29) is 17.6 Å². The summed E-state index contributed by atoms with van der Waals surface area (Å²) in [7, 11) is 0. The molecular weight excluding hydrogens is 262 g/mol. The fraction of sp³-hybridized carbons (Fsp3) is 0.308. The lowest BCUT2D eigenvalue weighted by molar-refractivity contribution is -0.384. The molecule has 0 saturated heterocycles. The Balaban J connectivity index is 2.41. The van der Waals surface area contributed by atoms with Crippen molar-refractivity contribution >= 4 is 17.0 Å². The first-order chi connectivity index (χ1) is 9.00. The van der Waals surface area contributed by atoms with Gasteiger partial charge in [-0.05, 0) is 12.0 Å². The van der Waals surface area contributed by atoms with Gasteiger partial charge in [0, 0.05) is 11.4 Å². The molecule has 0 bridgehead atoms. The third-order valence-corrected chi connectivity index (χ3v) is 3.85. The van der Waals surface area contributed by atoms with Gasteiger partial charge in [-0.15, -0.1) is 11.3 Å². The molecule has 0 spiro atoms. The number of nitro benzene ring substituents is 1. The largest absolute Gasteiger partial charge is 0.322 e. The molecule has 19 heavy (non-hydrogen) atoms. The lowest BCUT2D eigenvalue weighted by atomic mass is 10.1. The number of para-hydroxylation sites is 1. The molecule has 0 amide bonds. The molecule has 2 N–H and O–H groups in total. The molecule has 1 atom stereocenters. The Morgan fingerprint density at radius 2 is 2.05 bits per heavy atom. The Labute approximate surface area is 115 Å². The zero-order chi connectivity index (χ0) is 14.0. The van der Waals surface area contributed by atoms with Gasteiger partial charge in [0.05, 0.1) is 22.2 Å². The van der Waals surface area contributed by atoms with Gasteiger partial charge in [0.1, 0.15) is 5.01 Å². The number of nitro groups is 1. The van der Waals surface area contributed by atoms with Crippen LogP contribution < -0.4 is 5.73 Å². The maximum atomic E-state index is 11.0. The van der Waals surface area contributed by atoms with Crippen molar-refractivity contribution in [1.29, 1.82) is 0 Å². The van der Waals surface area contributed by atoms with Gasteiger partial charge in [0.2, 0.25) is 0 Å². The number of nitrogens with zero attached hydrogens (tertiary/aromatic N) is 2. The van der Waals surface area contributed by atoms with E-state index < -0.39 is 4.92 Å². The van der Waals surface area contributed by atoms with Crippen molar-refractivity contribution in [2.24, 2.45) is 11.7 Å². The molecule has 0 saturated carbocycles. The zero-order valence-corrected chi connectivity index (χ0v) is 11.6. The van der Waals surface area contributed by atoms with Crippen molar-refractivity contribution in [3.8, 4) is 11.3 Å². The minimum atomic E-state index is -0.392. The van der Waals surface area contributed by atoms with E-state index in [2.05, 4.69) is 4.98 Å². The highest BCUT2D eigenvalue weighted by atomic mass is 32.1. The maximum absolute atomic E-state index is 11.0. The summed E-state index contributed by atoms with van der Waals surface area (Å²) in [6.07, 6.45) is 0. The number of thiazole rings is 1. The van der Waals surface area contributed by atoms with Crippen molar-refractivity contribution in [3.05, 3.63) is 44.8 Å². The van der Waals surface area contributed by atoms with Crippen molar-refractivity contribution in [2.45, 2.75) is 19.9 Å². The monoisotopic (exact) mass is 277 g/mol. The van der Waals surface area contributed by atoms with Gasteiger partial charge in [-0.2, -0.15) is 0 Å². The first kappa shape index (κ1) is 13.6. The minimum absolute atomic E-state index is 0.0671. The molecule has 0 aliphatic carbocycles. The van der Waals surface area contributed by atoms with Crippen LogP contribution in [0, 0.1) is 16.0 Å². The average molecular weight is 277 g/mol. The lowest BCUT2D eigenvalue weighted by Gasteiger charge is -2.11. The second-order valence-corrected chi connectivity index (χ2v) is 5.50. The van der Waals surface area contributed by atoms with E-state index in [1.54, 1.807) is 18.2 Å². The molecule has 0 radical (unpaired) electrons. The first-order valence-corrected chi connectivity index (χ1v) is 6.83. The van der Waals surface area contributed by atoms with E-state index in [4.69, 9.17) is 5.73 Å². The molecule has 2 aromatic rings. The molecule has 1 aromatic heterocycles. The third kappa shape index (κ3) is 2.80. The summed E-state index contributed by atoms with van der Waals surface area (Å²) in [4.78, 5) is 15.0. The number of aromatic nitrogens is 1. The van der Waals surface area contributed by atoms with Crippen molar-refractivity contribution < 1.29 is 4.92 Å². The van der Waals surface area contributed by atoms with Crippen molar-refractivity contribution in [2.75, 3.05) is 0 Å². The van der Waals surface area contributed by atoms with Gasteiger partial charge in [-0.1, -0.05) is 26.0 Å². The van der Waals surface area contributed by atoms with Crippen molar-refractivity contribution in [1.82, 2.24) is 4.98 Å². The molecule has 0 aliphatic heterocycles. The predicted molar refractivity (Wildman–Crippen MR) is 76.0 cm³/mol. The topological polar surface area (TPSA) is 82.0 Å². The molecule has 6 heteroatoms. The summed E-state index contributed by atoms with van der Waals surface area (Å²) in [5.74, 6) is 0.282. The van der Waals surface area contributed by atoms with E-state index in [1.807, 2.05) is 19.2 Å². The van der Waals surface area contributed by atoms with Crippen molar-refractivity contribution in [3.63, 3.8) is 0 Å². The van der Waals surface area contributed by atoms with Gasteiger partial charge in [-0.3, -0.25) is 10.1 Å². The van der Waals surface area contributed by atoms with E-state index in [9.17, 15) is 10.1 Å². The Morgan fingerprint density at radius 3 is 2.68 bits per heavy atom. The van der Waals surface area contributed by atoms with Crippen LogP contribution in [0.4, 0.5) is 5.69 Å². The van der Waals surface area contributed by atoms with Gasteiger partial charge in [0.25, 0.3) is 5.69 Å². The number of rotatable bonds is 4. The van der Waals surface area contributed by atoms with Gasteiger partial charge >= 0.3 is 0 Å². The highest BCUT2D eigenvalue weighted by Gasteiger charge is 2.19. The van der Waals surface area contributed by atoms with Gasteiger partial charge in [-0.25, -0.2) is 4.98 Å². The number of benzene rings is 1. The summed E-state index contributed by atoms with van der Waals surface area (Å²) < 4.78 is 0. The van der Waals surface area contributed by atoms with Crippen LogP contribution in [0.2, 0.25) is 0 Å². The maximum Gasteiger partial charge on any atom is 0.278 e. The fourth-order valence-corrected chi connectivity index (χ4v) is 2.69. The van der Waals surface area contributed by atoms with Gasteiger partial charge < -0.3 is 5.73 Å². The van der Waals surface area contributed by atoms with Crippen LogP contribution in [-0.4, -0.2) is 9.91 Å². The van der Waals surface area contributed by atoms with Crippen LogP contribution >= 0.6 is 11.3 Å². The molecule has 100 valence electrons. The van der Waals surface area contributed by atoms with E-state index >= 15 is 0 Å². The lowest BCUT2D eigenvalue weighted by Crippen LogP contribution is -2.16. The standard InChI is InChI=1S/C13H15N3O2S/c1-8(2)12(14)13-15-10(7-19-13)9-5-3-4-6-11(9)16(17)18/h3-8,12H,14H2,1-2H3. The first-order valence-electron chi connectivity index (χ1n) is 5.95.